The summed E-state index contributed by atoms with van der Waals surface area (Å²) >= 11 is 0. The predicted molar refractivity (Wildman–Crippen MR) is 117 cm³/mol. The van der Waals surface area contributed by atoms with Crippen LogP contribution in [0.3, 0.4) is 0 Å². The molecule has 1 saturated carbocycles. The number of halogens is 1. The third-order valence-electron chi connectivity index (χ3n) is 5.52. The second-order valence-corrected chi connectivity index (χ2v) is 7.84. The van der Waals surface area contributed by atoms with Gasteiger partial charge in [0.1, 0.15) is 5.82 Å². The summed E-state index contributed by atoms with van der Waals surface area (Å²) in [6, 6.07) is 20.3. The maximum absolute atomic E-state index is 13.0. The topological polar surface area (TPSA) is 56.1 Å². The lowest BCUT2D eigenvalue weighted by Gasteiger charge is -2.26. The normalized spacial score (nSPS) is 13.1. The highest BCUT2D eigenvalue weighted by Crippen LogP contribution is 2.34. The fourth-order valence-electron chi connectivity index (χ4n) is 3.74. The molecule has 152 valence electrons. The van der Waals surface area contributed by atoms with Gasteiger partial charge in [-0.3, -0.25) is 4.79 Å². The average molecular weight is 401 g/mol. The molecule has 0 bridgehead atoms. The third kappa shape index (κ3) is 4.77. The number of nitrogens with one attached hydrogen (secondary N) is 1. The van der Waals surface area contributed by atoms with Crippen LogP contribution < -0.4 is 10.2 Å². The number of nitrogens with zero attached hydrogens (tertiary/aromatic N) is 2. The fraction of sp³-hybridized carbons (Fsp3) is 0.280. The first kappa shape index (κ1) is 19.9. The Bertz CT molecular complexity index is 1080. The summed E-state index contributed by atoms with van der Waals surface area (Å²) in [5, 5.41) is 14.3. The molecule has 1 N–H and O–H groups in total. The van der Waals surface area contributed by atoms with E-state index in [2.05, 4.69) is 16.3 Å². The van der Waals surface area contributed by atoms with Crippen LogP contribution in [0.1, 0.15) is 24.0 Å². The Kier molecular flexibility index (Phi) is 5.94. The van der Waals surface area contributed by atoms with Gasteiger partial charge < -0.3 is 10.2 Å². The highest BCUT2D eigenvalue weighted by atomic mass is 19.1. The monoisotopic (exact) mass is 401 g/mol. The summed E-state index contributed by atoms with van der Waals surface area (Å²) in [5.41, 5.74) is 2.62. The number of carbonyl (C=O) groups is 1. The van der Waals surface area contributed by atoms with Crippen LogP contribution >= 0.6 is 0 Å². The molecule has 1 amide bonds. The van der Waals surface area contributed by atoms with Gasteiger partial charge in [0, 0.05) is 29.5 Å². The molecule has 3 aromatic carbocycles. The molecule has 0 aliphatic heterocycles. The molecule has 30 heavy (non-hydrogen) atoms. The van der Waals surface area contributed by atoms with E-state index in [1.807, 2.05) is 36.4 Å². The maximum Gasteiger partial charge on any atom is 0.239 e. The van der Waals surface area contributed by atoms with Crippen molar-refractivity contribution >= 4 is 22.4 Å². The number of fused-ring (bicyclic) bond motifs is 1. The van der Waals surface area contributed by atoms with E-state index >= 15 is 0 Å². The first-order valence-corrected chi connectivity index (χ1v) is 10.3. The second kappa shape index (κ2) is 8.96. The van der Waals surface area contributed by atoms with Gasteiger partial charge >= 0.3 is 0 Å². The molecule has 0 spiro atoms. The minimum atomic E-state index is -0.256. The van der Waals surface area contributed by atoms with Crippen LogP contribution in [0, 0.1) is 23.1 Å². The number of amides is 1. The number of nitriles is 1. The summed E-state index contributed by atoms with van der Waals surface area (Å²) in [7, 11) is 0. The molecule has 3 aromatic rings. The Labute approximate surface area is 175 Å². The van der Waals surface area contributed by atoms with E-state index < -0.39 is 0 Å². The molecule has 1 aliphatic carbocycles. The van der Waals surface area contributed by atoms with Gasteiger partial charge in [-0.05, 0) is 55.0 Å². The van der Waals surface area contributed by atoms with Crippen LogP contribution in [-0.4, -0.2) is 25.5 Å². The Hall–Kier alpha value is -3.39. The predicted octanol–water partition coefficient (Wildman–Crippen LogP) is 4.43. The first-order valence-electron chi connectivity index (χ1n) is 10.3. The van der Waals surface area contributed by atoms with Gasteiger partial charge in [-0.1, -0.05) is 36.4 Å². The Morgan fingerprint density at radius 1 is 1.07 bits per heavy atom. The van der Waals surface area contributed by atoms with Crippen molar-refractivity contribution in [2.24, 2.45) is 5.92 Å². The molecule has 4 rings (SSSR count). The van der Waals surface area contributed by atoms with Gasteiger partial charge in [0.25, 0.3) is 0 Å². The zero-order chi connectivity index (χ0) is 20.9. The number of hydrogen-bond donors (Lipinski definition) is 1. The lowest BCUT2D eigenvalue weighted by Crippen LogP contribution is -2.39. The Morgan fingerprint density at radius 2 is 1.80 bits per heavy atom. The number of benzene rings is 3. The fourth-order valence-corrected chi connectivity index (χ4v) is 3.74. The van der Waals surface area contributed by atoms with E-state index in [4.69, 9.17) is 0 Å². The van der Waals surface area contributed by atoms with E-state index in [0.29, 0.717) is 24.4 Å². The lowest BCUT2D eigenvalue weighted by atomic mass is 10.0. The van der Waals surface area contributed by atoms with Crippen molar-refractivity contribution in [3.05, 3.63) is 77.6 Å². The molecule has 0 aromatic heterocycles. The zero-order valence-corrected chi connectivity index (χ0v) is 16.8. The molecule has 1 aliphatic rings. The lowest BCUT2D eigenvalue weighted by molar-refractivity contribution is -0.119. The smallest absolute Gasteiger partial charge is 0.239 e. The summed E-state index contributed by atoms with van der Waals surface area (Å²) in [4.78, 5) is 14.8. The van der Waals surface area contributed by atoms with Gasteiger partial charge in [-0.2, -0.15) is 5.26 Å². The third-order valence-corrected chi connectivity index (χ3v) is 5.52. The van der Waals surface area contributed by atoms with Crippen LogP contribution in [0.15, 0.2) is 60.7 Å². The molecule has 1 fully saturated rings. The molecule has 5 heteroatoms. The van der Waals surface area contributed by atoms with Crippen molar-refractivity contribution in [2.75, 3.05) is 24.5 Å². The van der Waals surface area contributed by atoms with Crippen molar-refractivity contribution < 1.29 is 9.18 Å². The standard InChI is InChI=1S/C25H24FN3O/c26-21-10-7-18(8-11-21)13-14-28-25(30)17-29(16-19-5-6-19)24-12-9-20(15-27)22-3-1-2-4-23(22)24/h1-4,7-12,19H,5-6,13-14,16-17H2,(H,28,30). The molecular weight excluding hydrogens is 377 g/mol. The van der Waals surface area contributed by atoms with Gasteiger partial charge in [-0.15, -0.1) is 0 Å². The summed E-state index contributed by atoms with van der Waals surface area (Å²) in [5.74, 6) is 0.325. The maximum atomic E-state index is 13.0. The summed E-state index contributed by atoms with van der Waals surface area (Å²) in [6.07, 6.45) is 3.04. The average Bonchev–Trinajstić information content (AvgIpc) is 3.58. The van der Waals surface area contributed by atoms with Gasteiger partial charge in [0.2, 0.25) is 5.91 Å². The number of carbonyl (C=O) groups excluding carboxylic acids is 1. The van der Waals surface area contributed by atoms with E-state index in [1.165, 1.54) is 25.0 Å². The van der Waals surface area contributed by atoms with Gasteiger partial charge in [-0.25, -0.2) is 4.39 Å². The van der Waals surface area contributed by atoms with Crippen molar-refractivity contribution in [1.29, 1.82) is 5.26 Å². The quantitative estimate of drug-likeness (QED) is 0.608. The van der Waals surface area contributed by atoms with Crippen LogP contribution in [-0.2, 0) is 11.2 Å². The second-order valence-electron chi connectivity index (χ2n) is 7.84. The summed E-state index contributed by atoms with van der Waals surface area (Å²) in [6.45, 7) is 1.62. The van der Waals surface area contributed by atoms with Crippen LogP contribution in [0.5, 0.6) is 0 Å². The Balaban J connectivity index is 1.47. The van der Waals surface area contributed by atoms with Gasteiger partial charge in [0.15, 0.2) is 0 Å². The Morgan fingerprint density at radius 3 is 2.50 bits per heavy atom. The minimum Gasteiger partial charge on any atom is -0.361 e. The highest BCUT2D eigenvalue weighted by Gasteiger charge is 2.26. The van der Waals surface area contributed by atoms with Crippen LogP contribution in [0.2, 0.25) is 0 Å². The SMILES string of the molecule is N#Cc1ccc(N(CC(=O)NCCc2ccc(F)cc2)CC2CC2)c2ccccc12. The van der Waals surface area contributed by atoms with Crippen molar-refractivity contribution in [3.8, 4) is 6.07 Å². The highest BCUT2D eigenvalue weighted by molar-refractivity contribution is 5.99. The number of hydrogen-bond acceptors (Lipinski definition) is 3. The van der Waals surface area contributed by atoms with E-state index in [9.17, 15) is 14.4 Å². The molecule has 0 saturated heterocycles. The van der Waals surface area contributed by atoms with Crippen LogP contribution in [0.25, 0.3) is 10.8 Å². The van der Waals surface area contributed by atoms with Crippen molar-refractivity contribution in [3.63, 3.8) is 0 Å². The first-order chi connectivity index (χ1) is 14.6. The molecule has 4 nitrogen and oxygen atoms in total. The molecular formula is C25H24FN3O. The minimum absolute atomic E-state index is 0.0359. The largest absolute Gasteiger partial charge is 0.361 e. The molecule has 0 atom stereocenters. The zero-order valence-electron chi connectivity index (χ0n) is 16.8. The number of anilines is 1. The van der Waals surface area contributed by atoms with Gasteiger partial charge in [0.05, 0.1) is 18.2 Å². The molecule has 0 radical (unpaired) electrons. The van der Waals surface area contributed by atoms with E-state index in [1.54, 1.807) is 12.1 Å². The molecule has 0 heterocycles. The number of rotatable bonds is 8. The van der Waals surface area contributed by atoms with Crippen LogP contribution in [0.4, 0.5) is 10.1 Å². The van der Waals surface area contributed by atoms with Crippen molar-refractivity contribution in [1.82, 2.24) is 5.32 Å². The van der Waals surface area contributed by atoms with E-state index in [-0.39, 0.29) is 18.3 Å². The van der Waals surface area contributed by atoms with Crippen molar-refractivity contribution in [2.45, 2.75) is 19.3 Å². The summed E-state index contributed by atoms with van der Waals surface area (Å²) < 4.78 is 13.0. The van der Waals surface area contributed by atoms with E-state index in [0.717, 1.165) is 28.6 Å². The molecule has 0 unspecified atom stereocenters.